The highest BCUT2D eigenvalue weighted by Gasteiger charge is 2.23. The van der Waals surface area contributed by atoms with E-state index in [-0.39, 0.29) is 12.2 Å². The first-order valence-electron chi connectivity index (χ1n) is 7.21. The van der Waals surface area contributed by atoms with E-state index >= 15 is 0 Å². The Kier molecular flexibility index (Phi) is 4.69. The van der Waals surface area contributed by atoms with E-state index in [1.54, 1.807) is 0 Å². The van der Waals surface area contributed by atoms with Crippen LogP contribution in [0.3, 0.4) is 0 Å². The number of hydrogen-bond donors (Lipinski definition) is 1. The molecule has 1 amide bonds. The van der Waals surface area contributed by atoms with Gasteiger partial charge in [-0.05, 0) is 38.0 Å². The molecule has 0 aromatic heterocycles. The lowest BCUT2D eigenvalue weighted by atomic mass is 9.89. The molecule has 3 nitrogen and oxygen atoms in total. The van der Waals surface area contributed by atoms with Gasteiger partial charge in [-0.1, -0.05) is 32.6 Å². The summed E-state index contributed by atoms with van der Waals surface area (Å²) in [5, 5.41) is 3.02. The molecule has 0 heterocycles. The minimum atomic E-state index is -0.184. The maximum Gasteiger partial charge on any atom is 0.407 e. The highest BCUT2D eigenvalue weighted by molar-refractivity contribution is 5.67. The molecular formula is C14H25NO2. The van der Waals surface area contributed by atoms with Crippen LogP contribution in [0.2, 0.25) is 0 Å². The molecule has 0 bridgehead atoms. The van der Waals surface area contributed by atoms with E-state index < -0.39 is 0 Å². The second-order valence-electron chi connectivity index (χ2n) is 5.78. The van der Waals surface area contributed by atoms with E-state index in [2.05, 4.69) is 12.2 Å². The van der Waals surface area contributed by atoms with Crippen LogP contribution in [0.15, 0.2) is 0 Å². The summed E-state index contributed by atoms with van der Waals surface area (Å²) in [6.45, 7) is 2.24. The van der Waals surface area contributed by atoms with Crippen molar-refractivity contribution < 1.29 is 9.53 Å². The number of amides is 1. The predicted molar refractivity (Wildman–Crippen MR) is 67.9 cm³/mol. The first-order chi connectivity index (χ1) is 8.24. The Morgan fingerprint density at radius 1 is 1.06 bits per heavy atom. The molecule has 2 saturated carbocycles. The summed E-state index contributed by atoms with van der Waals surface area (Å²) >= 11 is 0. The number of carbonyl (C=O) groups excluding carboxylic acids is 1. The van der Waals surface area contributed by atoms with Gasteiger partial charge in [0.1, 0.15) is 6.10 Å². The fourth-order valence-electron chi connectivity index (χ4n) is 3.08. The Bertz CT molecular complexity index is 249. The molecule has 0 aromatic carbocycles. The summed E-state index contributed by atoms with van der Waals surface area (Å²) in [7, 11) is 0. The quantitative estimate of drug-likeness (QED) is 0.799. The lowest BCUT2D eigenvalue weighted by molar-refractivity contribution is 0.0592. The molecule has 0 radical (unpaired) electrons. The monoisotopic (exact) mass is 239 g/mol. The second kappa shape index (κ2) is 6.27. The summed E-state index contributed by atoms with van der Waals surface area (Å²) in [6, 6.07) is 0.359. The topological polar surface area (TPSA) is 38.3 Å². The molecule has 2 fully saturated rings. The zero-order chi connectivity index (χ0) is 12.1. The minimum Gasteiger partial charge on any atom is -0.446 e. The van der Waals surface area contributed by atoms with Crippen LogP contribution in [0.25, 0.3) is 0 Å². The lowest BCUT2D eigenvalue weighted by Crippen LogP contribution is -2.39. The predicted octanol–water partition coefficient (Wildman–Crippen LogP) is 3.62. The first kappa shape index (κ1) is 12.7. The van der Waals surface area contributed by atoms with Gasteiger partial charge in [0.05, 0.1) is 0 Å². The molecule has 2 unspecified atom stereocenters. The van der Waals surface area contributed by atoms with E-state index in [1.165, 1.54) is 32.1 Å². The summed E-state index contributed by atoms with van der Waals surface area (Å²) in [6.07, 6.45) is 10.6. The van der Waals surface area contributed by atoms with Gasteiger partial charge in [0.2, 0.25) is 0 Å². The number of hydrogen-bond acceptors (Lipinski definition) is 2. The maximum atomic E-state index is 11.8. The van der Waals surface area contributed by atoms with E-state index in [9.17, 15) is 4.79 Å². The van der Waals surface area contributed by atoms with Crippen molar-refractivity contribution in [3.63, 3.8) is 0 Å². The molecule has 0 saturated heterocycles. The van der Waals surface area contributed by atoms with E-state index in [4.69, 9.17) is 4.74 Å². The van der Waals surface area contributed by atoms with Crippen molar-refractivity contribution in [3.05, 3.63) is 0 Å². The standard InChI is InChI=1S/C14H25NO2/c1-11-6-5-9-13(10-11)17-14(16)15-12-7-3-2-4-8-12/h11-13H,2-10H2,1H3,(H,15,16). The van der Waals surface area contributed by atoms with Crippen LogP contribution >= 0.6 is 0 Å². The fraction of sp³-hybridized carbons (Fsp3) is 0.929. The number of ether oxygens (including phenoxy) is 1. The third-order valence-electron chi connectivity index (χ3n) is 4.09. The van der Waals surface area contributed by atoms with Crippen LogP contribution in [0.1, 0.15) is 64.7 Å². The number of rotatable bonds is 2. The van der Waals surface area contributed by atoms with Crippen molar-refractivity contribution in [1.29, 1.82) is 0 Å². The Morgan fingerprint density at radius 2 is 1.82 bits per heavy atom. The molecule has 2 rings (SSSR count). The van der Waals surface area contributed by atoms with Crippen molar-refractivity contribution >= 4 is 6.09 Å². The molecular weight excluding hydrogens is 214 g/mol. The van der Waals surface area contributed by atoms with Gasteiger partial charge in [-0.2, -0.15) is 0 Å². The van der Waals surface area contributed by atoms with Gasteiger partial charge in [0.25, 0.3) is 0 Å². The van der Waals surface area contributed by atoms with Crippen molar-refractivity contribution in [2.24, 2.45) is 5.92 Å². The number of nitrogens with one attached hydrogen (secondary N) is 1. The molecule has 2 aliphatic carbocycles. The first-order valence-corrected chi connectivity index (χ1v) is 7.21. The van der Waals surface area contributed by atoms with E-state index in [0.29, 0.717) is 12.0 Å². The van der Waals surface area contributed by atoms with Gasteiger partial charge in [-0.25, -0.2) is 4.79 Å². The van der Waals surface area contributed by atoms with Crippen molar-refractivity contribution in [2.75, 3.05) is 0 Å². The molecule has 0 spiro atoms. The highest BCUT2D eigenvalue weighted by atomic mass is 16.6. The van der Waals surface area contributed by atoms with E-state index in [1.807, 2.05) is 0 Å². The van der Waals surface area contributed by atoms with Crippen LogP contribution < -0.4 is 5.32 Å². The van der Waals surface area contributed by atoms with Gasteiger partial charge in [0, 0.05) is 6.04 Å². The molecule has 0 aliphatic heterocycles. The molecule has 2 atom stereocenters. The highest BCUT2D eigenvalue weighted by Crippen LogP contribution is 2.26. The average Bonchev–Trinajstić information content (AvgIpc) is 2.30. The SMILES string of the molecule is CC1CCCC(OC(=O)NC2CCCCC2)C1. The summed E-state index contributed by atoms with van der Waals surface area (Å²) < 4.78 is 5.51. The Morgan fingerprint density at radius 3 is 2.53 bits per heavy atom. The molecule has 17 heavy (non-hydrogen) atoms. The Balaban J connectivity index is 1.68. The molecule has 2 aliphatic rings. The summed E-state index contributed by atoms with van der Waals surface area (Å²) in [5.41, 5.74) is 0. The van der Waals surface area contributed by atoms with Crippen LogP contribution in [-0.4, -0.2) is 18.2 Å². The zero-order valence-electron chi connectivity index (χ0n) is 10.9. The molecule has 3 heteroatoms. The van der Waals surface area contributed by atoms with Crippen molar-refractivity contribution in [1.82, 2.24) is 5.32 Å². The normalized spacial score (nSPS) is 30.9. The van der Waals surface area contributed by atoms with Gasteiger partial charge in [0.15, 0.2) is 0 Å². The average molecular weight is 239 g/mol. The largest absolute Gasteiger partial charge is 0.446 e. The van der Waals surface area contributed by atoms with Crippen molar-refractivity contribution in [2.45, 2.75) is 76.9 Å². The fourth-order valence-corrected chi connectivity index (χ4v) is 3.08. The minimum absolute atomic E-state index is 0.155. The number of carbonyl (C=O) groups is 1. The number of alkyl carbamates (subject to hydrolysis) is 1. The van der Waals surface area contributed by atoms with Crippen LogP contribution in [0.5, 0.6) is 0 Å². The second-order valence-corrected chi connectivity index (χ2v) is 5.78. The third kappa shape index (κ3) is 4.21. The van der Waals surface area contributed by atoms with E-state index in [0.717, 1.165) is 25.7 Å². The van der Waals surface area contributed by atoms with Crippen LogP contribution in [0.4, 0.5) is 4.79 Å². The summed E-state index contributed by atoms with van der Waals surface area (Å²) in [4.78, 5) is 11.8. The maximum absolute atomic E-state index is 11.8. The van der Waals surface area contributed by atoms with Gasteiger partial charge in [-0.15, -0.1) is 0 Å². The third-order valence-corrected chi connectivity index (χ3v) is 4.09. The van der Waals surface area contributed by atoms with Gasteiger partial charge in [-0.3, -0.25) is 0 Å². The van der Waals surface area contributed by atoms with Gasteiger partial charge < -0.3 is 10.1 Å². The Labute approximate surface area is 104 Å². The molecule has 98 valence electrons. The van der Waals surface area contributed by atoms with Crippen molar-refractivity contribution in [3.8, 4) is 0 Å². The Hall–Kier alpha value is -0.730. The van der Waals surface area contributed by atoms with Gasteiger partial charge >= 0.3 is 6.09 Å². The smallest absolute Gasteiger partial charge is 0.407 e. The molecule has 0 aromatic rings. The lowest BCUT2D eigenvalue weighted by Gasteiger charge is -2.28. The zero-order valence-corrected chi connectivity index (χ0v) is 10.9. The van der Waals surface area contributed by atoms with Crippen LogP contribution in [0, 0.1) is 5.92 Å². The van der Waals surface area contributed by atoms with Crippen LogP contribution in [-0.2, 0) is 4.74 Å². The molecule has 1 N–H and O–H groups in total. The summed E-state index contributed by atoms with van der Waals surface area (Å²) in [5.74, 6) is 0.705.